The van der Waals surface area contributed by atoms with E-state index >= 15 is 0 Å². The summed E-state index contributed by atoms with van der Waals surface area (Å²) in [4.78, 5) is 11.2. The van der Waals surface area contributed by atoms with Gasteiger partial charge >= 0.3 is 5.97 Å². The largest absolute Gasteiger partial charge is 0.480 e. The van der Waals surface area contributed by atoms with Gasteiger partial charge in [0.25, 0.3) is 0 Å². The zero-order valence-electron chi connectivity index (χ0n) is 10.4. The summed E-state index contributed by atoms with van der Waals surface area (Å²) in [5.74, 6) is -1.27. The zero-order chi connectivity index (χ0) is 13.9. The molecule has 0 amide bonds. The molecule has 1 aromatic heterocycles. The van der Waals surface area contributed by atoms with Crippen molar-refractivity contribution < 1.29 is 18.3 Å². The zero-order valence-corrected chi connectivity index (χ0v) is 11.2. The number of hydrogen-bond donors (Lipinski definition) is 3. The van der Waals surface area contributed by atoms with Crippen LogP contribution in [-0.2, 0) is 14.8 Å². The van der Waals surface area contributed by atoms with Crippen molar-refractivity contribution in [3.8, 4) is 0 Å². The second kappa shape index (κ2) is 5.70. The third kappa shape index (κ3) is 3.32. The van der Waals surface area contributed by atoms with Gasteiger partial charge in [-0.05, 0) is 18.8 Å². The fraction of sp³-hybridized carbons (Fsp3) is 0.636. The number of aromatic amines is 1. The van der Waals surface area contributed by atoms with Crippen molar-refractivity contribution in [1.29, 1.82) is 0 Å². The molecule has 1 atom stereocenters. The molecule has 0 aromatic carbocycles. The fourth-order valence-electron chi connectivity index (χ4n) is 2.44. The van der Waals surface area contributed by atoms with Crippen LogP contribution in [0.1, 0.15) is 32.1 Å². The lowest BCUT2D eigenvalue weighted by Gasteiger charge is -2.27. The number of aromatic nitrogens is 2. The van der Waals surface area contributed by atoms with E-state index in [4.69, 9.17) is 0 Å². The average molecular weight is 287 g/mol. The molecule has 1 heterocycles. The molecule has 0 bridgehead atoms. The van der Waals surface area contributed by atoms with Crippen molar-refractivity contribution in [3.63, 3.8) is 0 Å². The molecular formula is C11H17N3O4S. The lowest BCUT2D eigenvalue weighted by Crippen LogP contribution is -2.46. The predicted molar refractivity (Wildman–Crippen MR) is 66.9 cm³/mol. The number of carbonyl (C=O) groups is 1. The third-order valence-corrected chi connectivity index (χ3v) is 4.86. The Bertz CT molecular complexity index is 520. The number of carboxylic acid groups (broad SMARTS) is 1. The van der Waals surface area contributed by atoms with Crippen molar-refractivity contribution >= 4 is 16.0 Å². The van der Waals surface area contributed by atoms with Crippen molar-refractivity contribution in [2.45, 2.75) is 43.0 Å². The predicted octanol–water partition coefficient (Wildman–Crippen LogP) is 0.721. The SMILES string of the molecule is O=C(O)C(NS(=O)(=O)c1cn[nH]c1)C1CCCCC1. The summed E-state index contributed by atoms with van der Waals surface area (Å²) in [5, 5.41) is 15.2. The summed E-state index contributed by atoms with van der Waals surface area (Å²) in [6, 6.07) is -1.07. The van der Waals surface area contributed by atoms with Gasteiger partial charge in [0.05, 0.1) is 6.20 Å². The van der Waals surface area contributed by atoms with E-state index in [0.29, 0.717) is 0 Å². The summed E-state index contributed by atoms with van der Waals surface area (Å²) < 4.78 is 26.3. The number of carboxylic acids is 1. The number of sulfonamides is 1. The number of hydrogen-bond acceptors (Lipinski definition) is 4. The Hall–Kier alpha value is -1.41. The maximum Gasteiger partial charge on any atom is 0.322 e. The van der Waals surface area contributed by atoms with Gasteiger partial charge in [-0.15, -0.1) is 0 Å². The molecule has 106 valence electrons. The lowest BCUT2D eigenvalue weighted by atomic mass is 9.84. The van der Waals surface area contributed by atoms with Crippen LogP contribution in [0.25, 0.3) is 0 Å². The van der Waals surface area contributed by atoms with E-state index in [1.165, 1.54) is 6.20 Å². The van der Waals surface area contributed by atoms with Gasteiger partial charge in [-0.3, -0.25) is 9.89 Å². The van der Waals surface area contributed by atoms with Gasteiger partial charge < -0.3 is 5.11 Å². The first-order valence-corrected chi connectivity index (χ1v) is 7.73. The fourth-order valence-corrected chi connectivity index (χ4v) is 3.60. The molecule has 1 saturated carbocycles. The van der Waals surface area contributed by atoms with Gasteiger partial charge in [0.1, 0.15) is 10.9 Å². The van der Waals surface area contributed by atoms with Gasteiger partial charge in [0.2, 0.25) is 10.0 Å². The van der Waals surface area contributed by atoms with Gasteiger partial charge in [-0.1, -0.05) is 19.3 Å². The Morgan fingerprint density at radius 2 is 2.11 bits per heavy atom. The molecule has 3 N–H and O–H groups in total. The summed E-state index contributed by atoms with van der Waals surface area (Å²) in [6.45, 7) is 0. The summed E-state index contributed by atoms with van der Waals surface area (Å²) >= 11 is 0. The number of H-pyrrole nitrogens is 1. The molecule has 0 spiro atoms. The maximum absolute atomic E-state index is 12.0. The van der Waals surface area contributed by atoms with Crippen LogP contribution in [0.5, 0.6) is 0 Å². The van der Waals surface area contributed by atoms with Gasteiger partial charge in [0, 0.05) is 6.20 Å². The second-order valence-corrected chi connectivity index (χ2v) is 6.48. The van der Waals surface area contributed by atoms with E-state index in [1.54, 1.807) is 0 Å². The van der Waals surface area contributed by atoms with Crippen LogP contribution in [0.2, 0.25) is 0 Å². The Morgan fingerprint density at radius 1 is 1.42 bits per heavy atom. The Kier molecular flexibility index (Phi) is 4.20. The van der Waals surface area contributed by atoms with Crippen LogP contribution in [0, 0.1) is 5.92 Å². The first-order valence-electron chi connectivity index (χ1n) is 6.24. The van der Waals surface area contributed by atoms with Crippen LogP contribution < -0.4 is 4.72 Å². The molecule has 0 aliphatic heterocycles. The number of rotatable bonds is 5. The highest BCUT2D eigenvalue weighted by Gasteiger charge is 2.33. The first-order chi connectivity index (χ1) is 9.00. The Balaban J connectivity index is 2.15. The highest BCUT2D eigenvalue weighted by atomic mass is 32.2. The van der Waals surface area contributed by atoms with Crippen LogP contribution in [0.4, 0.5) is 0 Å². The van der Waals surface area contributed by atoms with E-state index in [0.717, 1.165) is 38.3 Å². The molecule has 8 heteroatoms. The lowest BCUT2D eigenvalue weighted by molar-refractivity contribution is -0.140. The number of nitrogens with one attached hydrogen (secondary N) is 2. The highest BCUT2D eigenvalue weighted by Crippen LogP contribution is 2.27. The Morgan fingerprint density at radius 3 is 2.63 bits per heavy atom. The van der Waals surface area contributed by atoms with E-state index in [2.05, 4.69) is 14.9 Å². The van der Waals surface area contributed by atoms with Crippen LogP contribution >= 0.6 is 0 Å². The molecular weight excluding hydrogens is 270 g/mol. The molecule has 1 fully saturated rings. The number of nitrogens with zero attached hydrogens (tertiary/aromatic N) is 1. The summed E-state index contributed by atoms with van der Waals surface area (Å²) in [6.07, 6.45) is 6.83. The molecule has 1 unspecified atom stereocenters. The van der Waals surface area contributed by atoms with Crippen molar-refractivity contribution in [1.82, 2.24) is 14.9 Å². The normalized spacial score (nSPS) is 19.2. The molecule has 7 nitrogen and oxygen atoms in total. The minimum Gasteiger partial charge on any atom is -0.480 e. The van der Waals surface area contributed by atoms with Gasteiger partial charge in [0.15, 0.2) is 0 Å². The summed E-state index contributed by atoms with van der Waals surface area (Å²) in [7, 11) is -3.84. The van der Waals surface area contributed by atoms with E-state index in [-0.39, 0.29) is 10.8 Å². The smallest absolute Gasteiger partial charge is 0.322 e. The molecule has 1 aliphatic rings. The minimum absolute atomic E-state index is 0.0467. The minimum atomic E-state index is -3.84. The average Bonchev–Trinajstić information content (AvgIpc) is 2.91. The number of aliphatic carboxylic acids is 1. The molecule has 0 radical (unpaired) electrons. The van der Waals surface area contributed by atoms with Crippen LogP contribution in [0.15, 0.2) is 17.3 Å². The first kappa shape index (κ1) is 14.0. The standard InChI is InChI=1S/C11H17N3O4S/c15-11(16)10(8-4-2-1-3-5-8)14-19(17,18)9-6-12-13-7-9/h6-8,10,14H,1-5H2,(H,12,13)(H,15,16). The highest BCUT2D eigenvalue weighted by molar-refractivity contribution is 7.89. The summed E-state index contributed by atoms with van der Waals surface area (Å²) in [5.41, 5.74) is 0. The monoisotopic (exact) mass is 287 g/mol. The Labute approximate surface area is 111 Å². The quantitative estimate of drug-likeness (QED) is 0.738. The molecule has 19 heavy (non-hydrogen) atoms. The van der Waals surface area contributed by atoms with E-state index in [9.17, 15) is 18.3 Å². The van der Waals surface area contributed by atoms with Gasteiger partial charge in [-0.2, -0.15) is 9.82 Å². The van der Waals surface area contributed by atoms with Crippen molar-refractivity contribution in [3.05, 3.63) is 12.4 Å². The third-order valence-electron chi connectivity index (χ3n) is 3.45. The van der Waals surface area contributed by atoms with E-state index in [1.807, 2.05) is 0 Å². The molecule has 1 aromatic rings. The maximum atomic E-state index is 12.0. The van der Waals surface area contributed by atoms with E-state index < -0.39 is 22.0 Å². The van der Waals surface area contributed by atoms with Crippen molar-refractivity contribution in [2.24, 2.45) is 5.92 Å². The topological polar surface area (TPSA) is 112 Å². The molecule has 0 saturated heterocycles. The second-order valence-electron chi connectivity index (χ2n) is 4.77. The molecule has 2 rings (SSSR count). The van der Waals surface area contributed by atoms with Gasteiger partial charge in [-0.25, -0.2) is 8.42 Å². The molecule has 1 aliphatic carbocycles. The van der Waals surface area contributed by atoms with Crippen molar-refractivity contribution in [2.75, 3.05) is 0 Å². The van der Waals surface area contributed by atoms with Crippen LogP contribution in [0.3, 0.4) is 0 Å². The van der Waals surface area contributed by atoms with Crippen LogP contribution in [-0.4, -0.2) is 35.7 Å².